The molecule has 0 spiro atoms. The number of thioether (sulfide) groups is 1. The molecule has 1 atom stereocenters. The molecule has 2 rings (SSSR count). The predicted molar refractivity (Wildman–Crippen MR) is 58.7 cm³/mol. The van der Waals surface area contributed by atoms with Crippen LogP contribution in [-0.2, 0) is 6.42 Å². The van der Waals surface area contributed by atoms with Crippen LogP contribution in [0.1, 0.15) is 12.0 Å². The number of rotatable bonds is 2. The van der Waals surface area contributed by atoms with Gasteiger partial charge in [0.05, 0.1) is 5.60 Å². The maximum atomic E-state index is 10.1. The van der Waals surface area contributed by atoms with Crippen molar-refractivity contribution in [2.45, 2.75) is 18.4 Å². The SMILES string of the molecule is Oc1cccc(CC2(O)CCSC2)c1. The topological polar surface area (TPSA) is 40.5 Å². The van der Waals surface area contributed by atoms with E-state index in [0.29, 0.717) is 6.42 Å². The second-order valence-corrected chi connectivity index (χ2v) is 4.98. The van der Waals surface area contributed by atoms with Crippen molar-refractivity contribution >= 4 is 11.8 Å². The zero-order valence-electron chi connectivity index (χ0n) is 7.94. The summed E-state index contributed by atoms with van der Waals surface area (Å²) in [4.78, 5) is 0. The number of phenolic OH excluding ortho intramolecular Hbond substituents is 1. The molecule has 1 aliphatic rings. The minimum Gasteiger partial charge on any atom is -0.508 e. The highest BCUT2D eigenvalue weighted by Crippen LogP contribution is 2.31. The van der Waals surface area contributed by atoms with Crippen molar-refractivity contribution in [3.05, 3.63) is 29.8 Å². The van der Waals surface area contributed by atoms with E-state index < -0.39 is 5.60 Å². The van der Waals surface area contributed by atoms with Crippen molar-refractivity contribution in [3.8, 4) is 5.75 Å². The third-order valence-electron chi connectivity index (χ3n) is 2.53. The molecular weight excluding hydrogens is 196 g/mol. The molecule has 0 saturated carbocycles. The Morgan fingerprint density at radius 3 is 2.93 bits per heavy atom. The molecule has 1 saturated heterocycles. The summed E-state index contributed by atoms with van der Waals surface area (Å²) in [5, 5.41) is 19.4. The van der Waals surface area contributed by atoms with Gasteiger partial charge in [0.2, 0.25) is 0 Å². The van der Waals surface area contributed by atoms with Gasteiger partial charge in [0.1, 0.15) is 5.75 Å². The van der Waals surface area contributed by atoms with Crippen LogP contribution in [-0.4, -0.2) is 27.3 Å². The number of aliphatic hydroxyl groups is 1. The van der Waals surface area contributed by atoms with E-state index in [1.54, 1.807) is 23.9 Å². The number of aromatic hydroxyl groups is 1. The Kier molecular flexibility index (Phi) is 2.70. The largest absolute Gasteiger partial charge is 0.508 e. The molecule has 0 amide bonds. The fourth-order valence-corrected chi connectivity index (χ4v) is 3.08. The van der Waals surface area contributed by atoms with Gasteiger partial charge < -0.3 is 10.2 Å². The van der Waals surface area contributed by atoms with Gasteiger partial charge in [-0.1, -0.05) is 12.1 Å². The van der Waals surface area contributed by atoms with Crippen molar-refractivity contribution in [1.82, 2.24) is 0 Å². The molecule has 1 unspecified atom stereocenters. The average molecular weight is 210 g/mol. The number of benzene rings is 1. The first-order chi connectivity index (χ1) is 6.68. The van der Waals surface area contributed by atoms with E-state index >= 15 is 0 Å². The average Bonchev–Trinajstić information content (AvgIpc) is 2.51. The third kappa shape index (κ3) is 2.22. The van der Waals surface area contributed by atoms with E-state index in [2.05, 4.69) is 0 Å². The van der Waals surface area contributed by atoms with E-state index in [1.165, 1.54) is 0 Å². The summed E-state index contributed by atoms with van der Waals surface area (Å²) >= 11 is 1.79. The van der Waals surface area contributed by atoms with Crippen molar-refractivity contribution in [3.63, 3.8) is 0 Å². The van der Waals surface area contributed by atoms with E-state index in [9.17, 15) is 10.2 Å². The summed E-state index contributed by atoms with van der Waals surface area (Å²) in [6, 6.07) is 7.13. The van der Waals surface area contributed by atoms with Crippen LogP contribution < -0.4 is 0 Å². The Morgan fingerprint density at radius 1 is 1.43 bits per heavy atom. The molecular formula is C11H14O2S. The highest BCUT2D eigenvalue weighted by molar-refractivity contribution is 7.99. The maximum absolute atomic E-state index is 10.1. The lowest BCUT2D eigenvalue weighted by molar-refractivity contribution is 0.0686. The summed E-state index contributed by atoms with van der Waals surface area (Å²) in [5.41, 5.74) is 0.452. The molecule has 0 aliphatic carbocycles. The quantitative estimate of drug-likeness (QED) is 0.782. The van der Waals surface area contributed by atoms with Gasteiger partial charge in [0.15, 0.2) is 0 Å². The van der Waals surface area contributed by atoms with Gasteiger partial charge in [-0.05, 0) is 29.9 Å². The number of hydrogen-bond donors (Lipinski definition) is 2. The first kappa shape index (κ1) is 9.87. The van der Waals surface area contributed by atoms with E-state index in [1.807, 2.05) is 12.1 Å². The Morgan fingerprint density at radius 2 is 2.29 bits per heavy atom. The zero-order valence-corrected chi connectivity index (χ0v) is 8.76. The van der Waals surface area contributed by atoms with Gasteiger partial charge in [-0.2, -0.15) is 11.8 Å². The highest BCUT2D eigenvalue weighted by atomic mass is 32.2. The van der Waals surface area contributed by atoms with E-state index in [4.69, 9.17) is 0 Å². The second-order valence-electron chi connectivity index (χ2n) is 3.87. The van der Waals surface area contributed by atoms with Crippen molar-refractivity contribution in [1.29, 1.82) is 0 Å². The molecule has 1 aromatic carbocycles. The lowest BCUT2D eigenvalue weighted by Gasteiger charge is -2.21. The first-order valence-corrected chi connectivity index (χ1v) is 5.91. The number of hydrogen-bond acceptors (Lipinski definition) is 3. The maximum Gasteiger partial charge on any atom is 0.115 e. The summed E-state index contributed by atoms with van der Waals surface area (Å²) in [5.74, 6) is 2.12. The smallest absolute Gasteiger partial charge is 0.115 e. The molecule has 14 heavy (non-hydrogen) atoms. The molecule has 3 heteroatoms. The Bertz CT molecular complexity index is 319. The molecule has 76 valence electrons. The molecule has 0 radical (unpaired) electrons. The lowest BCUT2D eigenvalue weighted by atomic mass is 9.94. The van der Waals surface area contributed by atoms with Gasteiger partial charge in [-0.3, -0.25) is 0 Å². The summed E-state index contributed by atoms with van der Waals surface area (Å²) in [6.07, 6.45) is 1.50. The summed E-state index contributed by atoms with van der Waals surface area (Å²) in [6.45, 7) is 0. The molecule has 0 aromatic heterocycles. The van der Waals surface area contributed by atoms with Crippen LogP contribution in [0, 0.1) is 0 Å². The second kappa shape index (κ2) is 3.83. The standard InChI is InChI=1S/C11H14O2S/c12-10-3-1-2-9(6-10)7-11(13)4-5-14-8-11/h1-3,6,12-13H,4-5,7-8H2. The van der Waals surface area contributed by atoms with Crippen molar-refractivity contribution in [2.75, 3.05) is 11.5 Å². The highest BCUT2D eigenvalue weighted by Gasteiger charge is 2.31. The Hall–Kier alpha value is -0.670. The Balaban J connectivity index is 2.10. The molecule has 2 nitrogen and oxygen atoms in total. The van der Waals surface area contributed by atoms with Gasteiger partial charge in [-0.15, -0.1) is 0 Å². The van der Waals surface area contributed by atoms with Crippen molar-refractivity contribution < 1.29 is 10.2 Å². The van der Waals surface area contributed by atoms with E-state index in [-0.39, 0.29) is 5.75 Å². The molecule has 1 heterocycles. The minimum absolute atomic E-state index is 0.275. The number of phenols is 1. The fraction of sp³-hybridized carbons (Fsp3) is 0.455. The minimum atomic E-state index is -0.557. The van der Waals surface area contributed by atoms with Crippen LogP contribution in [0.2, 0.25) is 0 Å². The van der Waals surface area contributed by atoms with Crippen LogP contribution in [0.25, 0.3) is 0 Å². The van der Waals surface area contributed by atoms with Gasteiger partial charge >= 0.3 is 0 Å². The monoisotopic (exact) mass is 210 g/mol. The molecule has 1 fully saturated rings. The Labute approximate surface area is 88.0 Å². The summed E-state index contributed by atoms with van der Waals surface area (Å²) < 4.78 is 0. The van der Waals surface area contributed by atoms with Crippen LogP contribution in [0.15, 0.2) is 24.3 Å². The van der Waals surface area contributed by atoms with Gasteiger partial charge in [0, 0.05) is 12.2 Å². The van der Waals surface area contributed by atoms with Crippen LogP contribution in [0.5, 0.6) is 5.75 Å². The summed E-state index contributed by atoms with van der Waals surface area (Å²) in [7, 11) is 0. The zero-order chi connectivity index (χ0) is 10.0. The van der Waals surface area contributed by atoms with Crippen LogP contribution in [0.4, 0.5) is 0 Å². The van der Waals surface area contributed by atoms with Gasteiger partial charge in [0.25, 0.3) is 0 Å². The molecule has 1 aromatic rings. The predicted octanol–water partition coefficient (Wildman–Crippen LogP) is 1.80. The lowest BCUT2D eigenvalue weighted by Crippen LogP contribution is -2.30. The normalized spacial score (nSPS) is 26.6. The van der Waals surface area contributed by atoms with E-state index in [0.717, 1.165) is 23.5 Å². The van der Waals surface area contributed by atoms with Crippen LogP contribution >= 0.6 is 11.8 Å². The molecule has 1 aliphatic heterocycles. The van der Waals surface area contributed by atoms with Gasteiger partial charge in [-0.25, -0.2) is 0 Å². The first-order valence-electron chi connectivity index (χ1n) is 4.76. The molecule has 0 bridgehead atoms. The fourth-order valence-electron chi connectivity index (χ4n) is 1.78. The van der Waals surface area contributed by atoms with Crippen molar-refractivity contribution in [2.24, 2.45) is 0 Å². The molecule has 2 N–H and O–H groups in total. The van der Waals surface area contributed by atoms with Crippen LogP contribution in [0.3, 0.4) is 0 Å². The third-order valence-corrected chi connectivity index (χ3v) is 3.76.